The van der Waals surface area contributed by atoms with Gasteiger partial charge in [-0.25, -0.2) is 0 Å². The maximum absolute atomic E-state index is 12.7. The molecule has 9 heteroatoms. The first-order valence-corrected chi connectivity index (χ1v) is 7.90. The van der Waals surface area contributed by atoms with Crippen LogP contribution >= 0.6 is 23.2 Å². The Morgan fingerprint density at radius 2 is 1.81 bits per heavy atom. The van der Waals surface area contributed by atoms with Gasteiger partial charge < -0.3 is 9.84 Å². The number of anilines is 1. The number of carbonyl (C=O) groups excluding carboxylic acids is 1. The molecule has 1 amide bonds. The summed E-state index contributed by atoms with van der Waals surface area (Å²) in [6.45, 7) is 0. The van der Waals surface area contributed by atoms with Crippen molar-refractivity contribution in [2.24, 2.45) is 0 Å². The Labute approximate surface area is 155 Å². The number of carbonyl (C=O) groups is 1. The minimum absolute atomic E-state index is 0.0103. The van der Waals surface area contributed by atoms with E-state index in [2.05, 4.69) is 10.5 Å². The molecule has 0 aliphatic carbocycles. The standard InChI is InChI=1S/C17H9Cl2F3N2O2/c18-12-5-4-9(6-13(12)19)15-8-14(24-26-15)16(25)23-11-3-1-2-10(7-11)17(20,21)22/h1-8H,(H,23,25). The summed E-state index contributed by atoms with van der Waals surface area (Å²) < 4.78 is 43.2. The van der Waals surface area contributed by atoms with Crippen LogP contribution < -0.4 is 5.32 Å². The van der Waals surface area contributed by atoms with Crippen molar-refractivity contribution in [2.75, 3.05) is 5.32 Å². The fourth-order valence-corrected chi connectivity index (χ4v) is 2.43. The van der Waals surface area contributed by atoms with E-state index in [9.17, 15) is 18.0 Å². The third kappa shape index (κ3) is 4.00. The fraction of sp³-hybridized carbons (Fsp3) is 0.0588. The number of aromatic nitrogens is 1. The quantitative estimate of drug-likeness (QED) is 0.593. The third-order valence-corrected chi connectivity index (χ3v) is 4.13. The summed E-state index contributed by atoms with van der Waals surface area (Å²) in [6, 6.07) is 10.4. The third-order valence-electron chi connectivity index (χ3n) is 3.39. The molecule has 0 saturated carbocycles. The molecule has 0 radical (unpaired) electrons. The molecule has 4 nitrogen and oxygen atoms in total. The molecule has 1 aromatic heterocycles. The lowest BCUT2D eigenvalue weighted by molar-refractivity contribution is -0.137. The van der Waals surface area contributed by atoms with Crippen molar-refractivity contribution in [3.8, 4) is 11.3 Å². The SMILES string of the molecule is O=C(Nc1cccc(C(F)(F)F)c1)c1cc(-c2ccc(Cl)c(Cl)c2)on1. The highest BCUT2D eigenvalue weighted by atomic mass is 35.5. The normalized spacial score (nSPS) is 11.4. The van der Waals surface area contributed by atoms with E-state index in [4.69, 9.17) is 27.7 Å². The second-order valence-electron chi connectivity index (χ2n) is 5.24. The largest absolute Gasteiger partial charge is 0.416 e. The van der Waals surface area contributed by atoms with Crippen LogP contribution in [0.4, 0.5) is 18.9 Å². The van der Waals surface area contributed by atoms with E-state index in [1.54, 1.807) is 18.2 Å². The van der Waals surface area contributed by atoms with Crippen LogP contribution in [-0.2, 0) is 6.18 Å². The molecule has 3 aromatic rings. The van der Waals surface area contributed by atoms with E-state index >= 15 is 0 Å². The topological polar surface area (TPSA) is 55.1 Å². The smallest absolute Gasteiger partial charge is 0.355 e. The van der Waals surface area contributed by atoms with Gasteiger partial charge in [-0.2, -0.15) is 13.2 Å². The summed E-state index contributed by atoms with van der Waals surface area (Å²) in [5, 5.41) is 6.63. The number of halogens is 5. The molecular weight excluding hydrogens is 392 g/mol. The van der Waals surface area contributed by atoms with Gasteiger partial charge in [0.2, 0.25) is 0 Å². The Morgan fingerprint density at radius 3 is 2.50 bits per heavy atom. The highest BCUT2D eigenvalue weighted by Gasteiger charge is 2.30. The van der Waals surface area contributed by atoms with Crippen molar-refractivity contribution in [1.82, 2.24) is 5.16 Å². The Bertz CT molecular complexity index is 971. The number of benzene rings is 2. The van der Waals surface area contributed by atoms with Gasteiger partial charge in [0.15, 0.2) is 11.5 Å². The minimum Gasteiger partial charge on any atom is -0.355 e. The summed E-state index contributed by atoms with van der Waals surface area (Å²) >= 11 is 11.8. The summed E-state index contributed by atoms with van der Waals surface area (Å²) in [6.07, 6.45) is -4.50. The predicted molar refractivity (Wildman–Crippen MR) is 91.4 cm³/mol. The first-order valence-electron chi connectivity index (χ1n) is 7.15. The van der Waals surface area contributed by atoms with E-state index in [-0.39, 0.29) is 17.1 Å². The van der Waals surface area contributed by atoms with Crippen LogP contribution in [0.2, 0.25) is 10.0 Å². The van der Waals surface area contributed by atoms with Gasteiger partial charge in [-0.1, -0.05) is 34.4 Å². The Balaban J connectivity index is 1.79. The highest BCUT2D eigenvalue weighted by Crippen LogP contribution is 2.31. The molecule has 0 spiro atoms. The zero-order valence-corrected chi connectivity index (χ0v) is 14.3. The average Bonchev–Trinajstić information content (AvgIpc) is 3.07. The lowest BCUT2D eigenvalue weighted by Gasteiger charge is -2.08. The van der Waals surface area contributed by atoms with Crippen molar-refractivity contribution in [3.05, 3.63) is 69.8 Å². The summed E-state index contributed by atoms with van der Waals surface area (Å²) in [7, 11) is 0. The molecular formula is C17H9Cl2F3N2O2. The lowest BCUT2D eigenvalue weighted by Crippen LogP contribution is -2.13. The number of nitrogens with zero attached hydrogens (tertiary/aromatic N) is 1. The molecule has 0 unspecified atom stereocenters. The first kappa shape index (κ1) is 18.3. The number of nitrogens with one attached hydrogen (secondary N) is 1. The van der Waals surface area contributed by atoms with Crippen molar-refractivity contribution in [1.29, 1.82) is 0 Å². The molecule has 0 saturated heterocycles. The van der Waals surface area contributed by atoms with Crippen LogP contribution in [0.5, 0.6) is 0 Å². The van der Waals surface area contributed by atoms with Crippen molar-refractivity contribution >= 4 is 34.8 Å². The molecule has 2 aromatic carbocycles. The zero-order valence-electron chi connectivity index (χ0n) is 12.8. The predicted octanol–water partition coefficient (Wildman–Crippen LogP) is 5.92. The molecule has 26 heavy (non-hydrogen) atoms. The second kappa shape index (κ2) is 7.01. The van der Waals surface area contributed by atoms with E-state index in [1.807, 2.05) is 0 Å². The maximum Gasteiger partial charge on any atom is 0.416 e. The lowest BCUT2D eigenvalue weighted by atomic mass is 10.1. The molecule has 3 rings (SSSR count). The average molecular weight is 401 g/mol. The van der Waals surface area contributed by atoms with Crippen LogP contribution in [0, 0.1) is 0 Å². The second-order valence-corrected chi connectivity index (χ2v) is 6.05. The monoisotopic (exact) mass is 400 g/mol. The van der Waals surface area contributed by atoms with Crippen molar-refractivity contribution in [3.63, 3.8) is 0 Å². The van der Waals surface area contributed by atoms with E-state index in [1.165, 1.54) is 18.2 Å². The molecule has 0 aliphatic rings. The van der Waals surface area contributed by atoms with Gasteiger partial charge in [0, 0.05) is 17.3 Å². The minimum atomic E-state index is -4.50. The molecule has 0 atom stereocenters. The van der Waals surface area contributed by atoms with Crippen molar-refractivity contribution < 1.29 is 22.5 Å². The van der Waals surface area contributed by atoms with E-state index in [0.717, 1.165) is 12.1 Å². The van der Waals surface area contributed by atoms with Crippen LogP contribution in [-0.4, -0.2) is 11.1 Å². The number of hydrogen-bond acceptors (Lipinski definition) is 3. The van der Waals surface area contributed by atoms with Crippen molar-refractivity contribution in [2.45, 2.75) is 6.18 Å². The maximum atomic E-state index is 12.7. The van der Waals surface area contributed by atoms with E-state index < -0.39 is 17.6 Å². The Hall–Kier alpha value is -2.51. The van der Waals surface area contributed by atoms with Crippen LogP contribution in [0.25, 0.3) is 11.3 Å². The molecule has 1 N–H and O–H groups in total. The Kier molecular flexibility index (Phi) is 4.93. The van der Waals surface area contributed by atoms with Crippen LogP contribution in [0.3, 0.4) is 0 Å². The van der Waals surface area contributed by atoms with Gasteiger partial charge in [-0.15, -0.1) is 0 Å². The molecule has 1 heterocycles. The number of amides is 1. The fourth-order valence-electron chi connectivity index (χ4n) is 2.14. The highest BCUT2D eigenvalue weighted by molar-refractivity contribution is 6.42. The Morgan fingerprint density at radius 1 is 1.04 bits per heavy atom. The molecule has 134 valence electrons. The van der Waals surface area contributed by atoms with Gasteiger partial charge in [-0.05, 0) is 36.4 Å². The number of hydrogen-bond donors (Lipinski definition) is 1. The van der Waals surface area contributed by atoms with Gasteiger partial charge >= 0.3 is 6.18 Å². The molecule has 0 bridgehead atoms. The van der Waals surface area contributed by atoms with Crippen LogP contribution in [0.1, 0.15) is 16.1 Å². The van der Waals surface area contributed by atoms with Crippen LogP contribution in [0.15, 0.2) is 53.1 Å². The van der Waals surface area contributed by atoms with E-state index in [0.29, 0.717) is 15.6 Å². The molecule has 0 aliphatic heterocycles. The summed E-state index contributed by atoms with van der Waals surface area (Å²) in [4.78, 5) is 12.2. The number of rotatable bonds is 3. The first-order chi connectivity index (χ1) is 12.2. The van der Waals surface area contributed by atoms with Gasteiger partial charge in [0.1, 0.15) is 0 Å². The van der Waals surface area contributed by atoms with Gasteiger partial charge in [0.25, 0.3) is 5.91 Å². The van der Waals surface area contributed by atoms with Gasteiger partial charge in [-0.3, -0.25) is 4.79 Å². The van der Waals surface area contributed by atoms with Gasteiger partial charge in [0.05, 0.1) is 15.6 Å². The number of alkyl halides is 3. The molecule has 0 fully saturated rings. The zero-order chi connectivity index (χ0) is 18.9. The summed E-state index contributed by atoms with van der Waals surface area (Å²) in [5.41, 5.74) is -0.427. The summed E-state index contributed by atoms with van der Waals surface area (Å²) in [5.74, 6) is -0.447.